The monoisotopic (exact) mass is 338 g/mol. The van der Waals surface area contributed by atoms with Crippen LogP contribution in [0.15, 0.2) is 22.7 Å². The molecule has 2 rings (SSSR count). The van der Waals surface area contributed by atoms with Crippen molar-refractivity contribution in [3.05, 3.63) is 28.2 Å². The third kappa shape index (κ3) is 4.49. The van der Waals surface area contributed by atoms with Crippen molar-refractivity contribution in [1.29, 1.82) is 0 Å². The highest BCUT2D eigenvalue weighted by Gasteiger charge is 2.18. The van der Waals surface area contributed by atoms with E-state index in [-0.39, 0.29) is 0 Å². The van der Waals surface area contributed by atoms with E-state index in [4.69, 9.17) is 0 Å². The van der Waals surface area contributed by atoms with Gasteiger partial charge in [-0.3, -0.25) is 0 Å². The van der Waals surface area contributed by atoms with E-state index >= 15 is 0 Å². The summed E-state index contributed by atoms with van der Waals surface area (Å²) in [4.78, 5) is 2.41. The zero-order valence-corrected chi connectivity index (χ0v) is 14.4. The molecular formula is C17H27BrN2. The number of nitrogens with one attached hydrogen (secondary N) is 1. The van der Waals surface area contributed by atoms with Gasteiger partial charge in [-0.25, -0.2) is 0 Å². The van der Waals surface area contributed by atoms with Gasteiger partial charge in [-0.1, -0.05) is 25.8 Å². The first-order chi connectivity index (χ1) is 9.70. The maximum absolute atomic E-state index is 3.74. The van der Waals surface area contributed by atoms with Gasteiger partial charge in [-0.15, -0.1) is 0 Å². The molecule has 1 aliphatic carbocycles. The molecule has 0 saturated heterocycles. The molecule has 1 fully saturated rings. The third-order valence-electron chi connectivity index (χ3n) is 4.19. The zero-order valence-electron chi connectivity index (χ0n) is 12.8. The summed E-state index contributed by atoms with van der Waals surface area (Å²) >= 11 is 3.74. The Kier molecular flexibility index (Phi) is 6.37. The fraction of sp³-hybridized carbons (Fsp3) is 0.647. The van der Waals surface area contributed by atoms with Gasteiger partial charge in [0.1, 0.15) is 0 Å². The highest BCUT2D eigenvalue weighted by molar-refractivity contribution is 9.10. The van der Waals surface area contributed by atoms with E-state index in [2.05, 4.69) is 58.3 Å². The van der Waals surface area contributed by atoms with E-state index in [1.54, 1.807) is 0 Å². The average Bonchev–Trinajstić information content (AvgIpc) is 2.92. The molecule has 0 heterocycles. The van der Waals surface area contributed by atoms with Crippen LogP contribution < -0.4 is 10.2 Å². The van der Waals surface area contributed by atoms with Crippen LogP contribution in [0, 0.1) is 5.92 Å². The molecule has 1 aromatic carbocycles. The smallest absolute Gasteiger partial charge is 0.0508 e. The van der Waals surface area contributed by atoms with Crippen molar-refractivity contribution in [2.24, 2.45) is 5.92 Å². The van der Waals surface area contributed by atoms with Gasteiger partial charge in [-0.2, -0.15) is 0 Å². The second-order valence-electron chi connectivity index (χ2n) is 5.99. The van der Waals surface area contributed by atoms with E-state index in [0.29, 0.717) is 0 Å². The molecule has 0 atom stereocenters. The lowest BCUT2D eigenvalue weighted by Crippen LogP contribution is -2.24. The van der Waals surface area contributed by atoms with Crippen LogP contribution in [0.2, 0.25) is 0 Å². The predicted molar refractivity (Wildman–Crippen MR) is 91.4 cm³/mol. The summed E-state index contributed by atoms with van der Waals surface area (Å²) in [6.45, 7) is 5.43. The maximum atomic E-state index is 3.74. The van der Waals surface area contributed by atoms with Crippen molar-refractivity contribution >= 4 is 21.6 Å². The molecule has 1 N–H and O–H groups in total. The van der Waals surface area contributed by atoms with Crippen molar-refractivity contribution in [3.8, 4) is 0 Å². The van der Waals surface area contributed by atoms with Crippen LogP contribution in [-0.2, 0) is 6.54 Å². The van der Waals surface area contributed by atoms with Crippen LogP contribution in [-0.4, -0.2) is 20.1 Å². The van der Waals surface area contributed by atoms with Crippen LogP contribution in [0.5, 0.6) is 0 Å². The summed E-state index contributed by atoms with van der Waals surface area (Å²) in [5.41, 5.74) is 2.67. The molecule has 0 unspecified atom stereocenters. The molecule has 1 aromatic rings. The Morgan fingerprint density at radius 2 is 2.05 bits per heavy atom. The lowest BCUT2D eigenvalue weighted by atomic mass is 10.1. The minimum Gasteiger partial charge on any atom is -0.373 e. The Labute approximate surface area is 132 Å². The van der Waals surface area contributed by atoms with Gasteiger partial charge >= 0.3 is 0 Å². The second kappa shape index (κ2) is 8.04. The number of halogens is 1. The molecule has 1 saturated carbocycles. The van der Waals surface area contributed by atoms with Crippen LogP contribution >= 0.6 is 15.9 Å². The van der Waals surface area contributed by atoms with Crippen molar-refractivity contribution in [2.45, 2.75) is 45.6 Å². The number of benzene rings is 1. The summed E-state index contributed by atoms with van der Waals surface area (Å²) in [5, 5.41) is 3.45. The molecular weight excluding hydrogens is 312 g/mol. The van der Waals surface area contributed by atoms with Crippen LogP contribution in [0.4, 0.5) is 5.69 Å². The summed E-state index contributed by atoms with van der Waals surface area (Å²) in [6.07, 6.45) is 6.83. The molecule has 0 amide bonds. The molecule has 3 heteroatoms. The molecule has 1 aliphatic rings. The molecule has 0 aromatic heterocycles. The lowest BCUT2D eigenvalue weighted by molar-refractivity contribution is 0.547. The van der Waals surface area contributed by atoms with Gasteiger partial charge in [-0.05, 0) is 65.4 Å². The first-order valence-corrected chi connectivity index (χ1v) is 8.70. The molecule has 20 heavy (non-hydrogen) atoms. The Morgan fingerprint density at radius 1 is 1.30 bits per heavy atom. The second-order valence-corrected chi connectivity index (χ2v) is 6.85. The Balaban J connectivity index is 1.93. The van der Waals surface area contributed by atoms with Crippen molar-refractivity contribution in [3.63, 3.8) is 0 Å². The van der Waals surface area contributed by atoms with E-state index in [1.807, 2.05) is 0 Å². The average molecular weight is 339 g/mol. The van der Waals surface area contributed by atoms with Crippen LogP contribution in [0.3, 0.4) is 0 Å². The number of anilines is 1. The van der Waals surface area contributed by atoms with E-state index in [1.165, 1.54) is 54.4 Å². The largest absolute Gasteiger partial charge is 0.373 e. The Morgan fingerprint density at radius 3 is 2.70 bits per heavy atom. The highest BCUT2D eigenvalue weighted by Crippen LogP contribution is 2.30. The number of hydrogen-bond acceptors (Lipinski definition) is 2. The molecule has 2 nitrogen and oxygen atoms in total. The van der Waals surface area contributed by atoms with Gasteiger partial charge in [0.05, 0.1) is 5.69 Å². The van der Waals surface area contributed by atoms with E-state index in [0.717, 1.165) is 19.0 Å². The van der Waals surface area contributed by atoms with E-state index in [9.17, 15) is 0 Å². The van der Waals surface area contributed by atoms with Gasteiger partial charge in [0.25, 0.3) is 0 Å². The lowest BCUT2D eigenvalue weighted by Gasteiger charge is -2.24. The first kappa shape index (κ1) is 15.8. The predicted octanol–water partition coefficient (Wildman–Crippen LogP) is 4.58. The molecule has 0 spiro atoms. The number of nitrogens with zero attached hydrogens (tertiary/aromatic N) is 1. The quantitative estimate of drug-likeness (QED) is 0.732. The topological polar surface area (TPSA) is 15.3 Å². The van der Waals surface area contributed by atoms with Gasteiger partial charge < -0.3 is 10.2 Å². The Hall–Kier alpha value is -0.540. The van der Waals surface area contributed by atoms with Crippen molar-refractivity contribution in [1.82, 2.24) is 5.32 Å². The van der Waals surface area contributed by atoms with Crippen LogP contribution in [0.1, 0.15) is 44.6 Å². The third-order valence-corrected chi connectivity index (χ3v) is 4.82. The summed E-state index contributed by atoms with van der Waals surface area (Å²) in [5.74, 6) is 0.887. The van der Waals surface area contributed by atoms with Gasteiger partial charge in [0, 0.05) is 24.6 Å². The van der Waals surface area contributed by atoms with Crippen LogP contribution in [0.25, 0.3) is 0 Å². The molecule has 0 radical (unpaired) electrons. The molecule has 0 aliphatic heterocycles. The Bertz CT molecular complexity index is 413. The highest BCUT2D eigenvalue weighted by atomic mass is 79.9. The minimum absolute atomic E-state index is 0.887. The first-order valence-electron chi connectivity index (χ1n) is 7.91. The fourth-order valence-corrected chi connectivity index (χ4v) is 3.79. The number of hydrogen-bond donors (Lipinski definition) is 1. The van der Waals surface area contributed by atoms with E-state index < -0.39 is 0 Å². The fourth-order valence-electron chi connectivity index (χ4n) is 3.06. The SMILES string of the molecule is CCCNCc1ccc(N(C)CC2CCCC2)c(Br)c1. The normalized spacial score (nSPS) is 15.8. The van der Waals surface area contributed by atoms with Gasteiger partial charge in [0.15, 0.2) is 0 Å². The van der Waals surface area contributed by atoms with Crippen molar-refractivity contribution in [2.75, 3.05) is 25.0 Å². The zero-order chi connectivity index (χ0) is 14.4. The maximum Gasteiger partial charge on any atom is 0.0508 e. The molecule has 0 bridgehead atoms. The summed E-state index contributed by atoms with van der Waals surface area (Å²) < 4.78 is 1.22. The molecule has 112 valence electrons. The summed E-state index contributed by atoms with van der Waals surface area (Å²) in [7, 11) is 2.22. The van der Waals surface area contributed by atoms with Gasteiger partial charge in [0.2, 0.25) is 0 Å². The minimum atomic E-state index is 0.887. The summed E-state index contributed by atoms with van der Waals surface area (Å²) in [6, 6.07) is 6.75. The standard InChI is InChI=1S/C17H27BrN2/c1-3-10-19-12-15-8-9-17(16(18)11-15)20(2)13-14-6-4-5-7-14/h8-9,11,14,19H,3-7,10,12-13H2,1-2H3. The number of rotatable bonds is 7. The van der Waals surface area contributed by atoms with Crippen molar-refractivity contribution < 1.29 is 0 Å².